The second-order valence-electron chi connectivity index (χ2n) is 6.65. The van der Waals surface area contributed by atoms with E-state index < -0.39 is 11.9 Å². The molecule has 28 heavy (non-hydrogen) atoms. The zero-order valence-corrected chi connectivity index (χ0v) is 15.5. The van der Waals surface area contributed by atoms with Crippen molar-refractivity contribution in [1.29, 1.82) is 0 Å². The van der Waals surface area contributed by atoms with Crippen molar-refractivity contribution in [2.24, 2.45) is 5.92 Å². The zero-order chi connectivity index (χ0) is 20.4. The van der Waals surface area contributed by atoms with Crippen molar-refractivity contribution >= 4 is 17.8 Å². The number of nitrogens with one attached hydrogen (secondary N) is 2. The Bertz CT molecular complexity index is 743. The van der Waals surface area contributed by atoms with Crippen LogP contribution in [0.3, 0.4) is 0 Å². The molecule has 0 aliphatic heterocycles. The Balaban J connectivity index is 0.000000409. The summed E-state index contributed by atoms with van der Waals surface area (Å²) in [6.45, 7) is 0.460. The first-order chi connectivity index (χ1) is 13.5. The Labute approximate surface area is 163 Å². The highest BCUT2D eigenvalue weighted by atomic mass is 16.4. The van der Waals surface area contributed by atoms with Crippen LogP contribution in [-0.2, 0) is 20.9 Å². The molecule has 1 aromatic carbocycles. The number of carbonyl (C=O) groups is 3. The monoisotopic (exact) mass is 387 g/mol. The van der Waals surface area contributed by atoms with Gasteiger partial charge in [0.15, 0.2) is 0 Å². The SMILES string of the molecule is O=C(NCc1ncc[nH]1)C(c1ccccc1)C1CCCCC1.O=C(O)C(=O)O. The van der Waals surface area contributed by atoms with Gasteiger partial charge in [0.05, 0.1) is 12.5 Å². The molecule has 0 radical (unpaired) electrons. The molecule has 1 atom stereocenters. The van der Waals surface area contributed by atoms with Gasteiger partial charge in [0.2, 0.25) is 5.91 Å². The predicted octanol–water partition coefficient (Wildman–Crippen LogP) is 2.55. The lowest BCUT2D eigenvalue weighted by Crippen LogP contribution is -2.34. The third-order valence-electron chi connectivity index (χ3n) is 4.73. The minimum Gasteiger partial charge on any atom is -0.473 e. The number of aliphatic carboxylic acids is 2. The third kappa shape index (κ3) is 6.53. The molecule has 1 amide bonds. The number of hydrogen-bond acceptors (Lipinski definition) is 4. The van der Waals surface area contributed by atoms with Crippen LogP contribution in [0.5, 0.6) is 0 Å². The Morgan fingerprint density at radius 3 is 2.25 bits per heavy atom. The van der Waals surface area contributed by atoms with Crippen molar-refractivity contribution in [2.45, 2.75) is 44.6 Å². The molecule has 1 saturated carbocycles. The molecule has 1 heterocycles. The summed E-state index contributed by atoms with van der Waals surface area (Å²) in [5, 5.41) is 17.8. The van der Waals surface area contributed by atoms with E-state index in [1.165, 1.54) is 19.3 Å². The molecule has 4 N–H and O–H groups in total. The fourth-order valence-electron chi connectivity index (χ4n) is 3.44. The maximum Gasteiger partial charge on any atom is 0.414 e. The number of carbonyl (C=O) groups excluding carboxylic acids is 1. The van der Waals surface area contributed by atoms with E-state index in [4.69, 9.17) is 19.8 Å². The van der Waals surface area contributed by atoms with Gasteiger partial charge in [-0.2, -0.15) is 0 Å². The number of rotatable bonds is 5. The van der Waals surface area contributed by atoms with Gasteiger partial charge in [-0.25, -0.2) is 14.6 Å². The second kappa shape index (κ2) is 10.9. The molecular weight excluding hydrogens is 362 g/mol. The van der Waals surface area contributed by atoms with E-state index in [1.54, 1.807) is 12.4 Å². The predicted molar refractivity (Wildman–Crippen MR) is 101 cm³/mol. The van der Waals surface area contributed by atoms with E-state index in [0.717, 1.165) is 24.2 Å². The number of aromatic nitrogens is 2. The minimum atomic E-state index is -1.82. The first-order valence-electron chi connectivity index (χ1n) is 9.26. The lowest BCUT2D eigenvalue weighted by Gasteiger charge is -2.29. The minimum absolute atomic E-state index is 0.0449. The average Bonchev–Trinajstić information content (AvgIpc) is 3.22. The highest BCUT2D eigenvalue weighted by Gasteiger charge is 2.30. The van der Waals surface area contributed by atoms with Crippen LogP contribution >= 0.6 is 0 Å². The Morgan fingerprint density at radius 1 is 1.07 bits per heavy atom. The zero-order valence-electron chi connectivity index (χ0n) is 15.5. The maximum absolute atomic E-state index is 12.8. The molecule has 150 valence electrons. The molecule has 1 aromatic heterocycles. The fraction of sp³-hybridized carbons (Fsp3) is 0.400. The van der Waals surface area contributed by atoms with Gasteiger partial charge >= 0.3 is 11.9 Å². The standard InChI is InChI=1S/C18H23N3O.C2H2O4/c22-18(21-13-16-19-11-12-20-16)17(14-7-3-1-4-8-14)15-9-5-2-6-10-15;3-1(4)2(5)6/h1,3-4,7-8,11-12,15,17H,2,5-6,9-10,13H2,(H,19,20)(H,21,22);(H,3,4)(H,5,6). The highest BCUT2D eigenvalue weighted by molar-refractivity contribution is 6.27. The van der Waals surface area contributed by atoms with Crippen molar-refractivity contribution in [2.75, 3.05) is 0 Å². The average molecular weight is 387 g/mol. The summed E-state index contributed by atoms with van der Waals surface area (Å²) in [4.78, 5) is 38.2. The van der Waals surface area contributed by atoms with Gasteiger partial charge in [-0.3, -0.25) is 4.79 Å². The topological polar surface area (TPSA) is 132 Å². The summed E-state index contributed by atoms with van der Waals surface area (Å²) in [5.41, 5.74) is 1.13. The Kier molecular flexibility index (Phi) is 8.20. The van der Waals surface area contributed by atoms with Crippen LogP contribution in [0.15, 0.2) is 42.7 Å². The van der Waals surface area contributed by atoms with Crippen molar-refractivity contribution in [1.82, 2.24) is 15.3 Å². The van der Waals surface area contributed by atoms with Crippen molar-refractivity contribution in [3.05, 3.63) is 54.1 Å². The lowest BCUT2D eigenvalue weighted by molar-refractivity contribution is -0.159. The smallest absolute Gasteiger partial charge is 0.414 e. The number of aromatic amines is 1. The van der Waals surface area contributed by atoms with E-state index in [1.807, 2.05) is 18.2 Å². The molecule has 1 aliphatic rings. The van der Waals surface area contributed by atoms with E-state index in [-0.39, 0.29) is 11.8 Å². The van der Waals surface area contributed by atoms with Crippen molar-refractivity contribution in [3.8, 4) is 0 Å². The van der Waals surface area contributed by atoms with E-state index in [2.05, 4.69) is 27.4 Å². The van der Waals surface area contributed by atoms with Crippen LogP contribution in [0.4, 0.5) is 0 Å². The Morgan fingerprint density at radius 2 is 1.71 bits per heavy atom. The lowest BCUT2D eigenvalue weighted by atomic mass is 9.76. The molecule has 8 nitrogen and oxygen atoms in total. The van der Waals surface area contributed by atoms with Crippen molar-refractivity contribution in [3.63, 3.8) is 0 Å². The second-order valence-corrected chi connectivity index (χ2v) is 6.65. The number of imidazole rings is 1. The van der Waals surface area contributed by atoms with Crippen LogP contribution in [0.2, 0.25) is 0 Å². The number of H-pyrrole nitrogens is 1. The van der Waals surface area contributed by atoms with Crippen LogP contribution in [0, 0.1) is 5.92 Å². The van der Waals surface area contributed by atoms with Gasteiger partial charge in [-0.1, -0.05) is 49.6 Å². The summed E-state index contributed by atoms with van der Waals surface area (Å²) in [5.74, 6) is -2.33. The number of nitrogens with zero attached hydrogens (tertiary/aromatic N) is 1. The number of benzene rings is 1. The number of carboxylic acid groups (broad SMARTS) is 2. The summed E-state index contributed by atoms with van der Waals surface area (Å²) >= 11 is 0. The molecule has 1 aliphatic carbocycles. The van der Waals surface area contributed by atoms with Crippen LogP contribution < -0.4 is 5.32 Å². The van der Waals surface area contributed by atoms with E-state index >= 15 is 0 Å². The summed E-state index contributed by atoms with van der Waals surface area (Å²) in [7, 11) is 0. The van der Waals surface area contributed by atoms with Gasteiger partial charge in [-0.05, 0) is 24.3 Å². The molecule has 0 spiro atoms. The van der Waals surface area contributed by atoms with Crippen molar-refractivity contribution < 1.29 is 24.6 Å². The number of carboxylic acids is 2. The molecule has 1 unspecified atom stereocenters. The summed E-state index contributed by atoms with van der Waals surface area (Å²) < 4.78 is 0. The van der Waals surface area contributed by atoms with E-state index in [9.17, 15) is 4.79 Å². The largest absolute Gasteiger partial charge is 0.473 e. The number of hydrogen-bond donors (Lipinski definition) is 4. The van der Waals surface area contributed by atoms with Gasteiger partial charge in [-0.15, -0.1) is 0 Å². The summed E-state index contributed by atoms with van der Waals surface area (Å²) in [6, 6.07) is 10.2. The molecule has 0 bridgehead atoms. The maximum atomic E-state index is 12.8. The first kappa shape index (κ1) is 21.1. The van der Waals surface area contributed by atoms with Crippen LogP contribution in [-0.4, -0.2) is 38.0 Å². The summed E-state index contributed by atoms with van der Waals surface area (Å²) in [6.07, 6.45) is 9.54. The number of amides is 1. The first-order valence-corrected chi connectivity index (χ1v) is 9.26. The fourth-order valence-corrected chi connectivity index (χ4v) is 3.44. The van der Waals surface area contributed by atoms with Gasteiger partial charge in [0.25, 0.3) is 0 Å². The highest BCUT2D eigenvalue weighted by Crippen LogP contribution is 2.36. The van der Waals surface area contributed by atoms with Gasteiger partial charge in [0.1, 0.15) is 5.82 Å². The molecule has 0 saturated heterocycles. The van der Waals surface area contributed by atoms with Gasteiger partial charge in [0, 0.05) is 12.4 Å². The quantitative estimate of drug-likeness (QED) is 0.583. The molecule has 3 rings (SSSR count). The Hall–Kier alpha value is -3.16. The molecular formula is C20H25N3O5. The normalized spacial score (nSPS) is 15.0. The molecule has 8 heteroatoms. The van der Waals surface area contributed by atoms with Crippen LogP contribution in [0.25, 0.3) is 0 Å². The van der Waals surface area contributed by atoms with E-state index in [0.29, 0.717) is 12.5 Å². The van der Waals surface area contributed by atoms with Crippen LogP contribution in [0.1, 0.15) is 49.4 Å². The third-order valence-corrected chi connectivity index (χ3v) is 4.73. The molecule has 2 aromatic rings. The molecule has 1 fully saturated rings. The van der Waals surface area contributed by atoms with Gasteiger partial charge < -0.3 is 20.5 Å².